The molecule has 1 atom stereocenters. The van der Waals surface area contributed by atoms with Crippen LogP contribution in [0.5, 0.6) is 5.75 Å². The first-order valence-electron chi connectivity index (χ1n) is 6.24. The third-order valence-corrected chi connectivity index (χ3v) is 3.12. The molecule has 0 amide bonds. The van der Waals surface area contributed by atoms with E-state index in [0.29, 0.717) is 12.6 Å². The summed E-state index contributed by atoms with van der Waals surface area (Å²) in [4.78, 5) is 2.06. The molecule has 18 heavy (non-hydrogen) atoms. The highest BCUT2D eigenvalue weighted by Gasteiger charge is 2.25. The van der Waals surface area contributed by atoms with Crippen molar-refractivity contribution in [3.05, 3.63) is 24.3 Å². The third kappa shape index (κ3) is 3.14. The minimum atomic E-state index is -0.132. The van der Waals surface area contributed by atoms with Gasteiger partial charge < -0.3 is 9.64 Å². The SMILES string of the molecule is COc1ccccc1N(C)CC(C#N)NC1CC1. The molecular weight excluding hydrogens is 226 g/mol. The number of nitrogens with one attached hydrogen (secondary N) is 1. The number of benzene rings is 1. The average Bonchev–Trinajstić information content (AvgIpc) is 3.21. The van der Waals surface area contributed by atoms with Crippen LogP contribution in [-0.4, -0.2) is 32.8 Å². The number of methoxy groups -OCH3 is 1. The molecule has 96 valence electrons. The Morgan fingerprint density at radius 1 is 1.50 bits per heavy atom. The maximum absolute atomic E-state index is 9.15. The lowest BCUT2D eigenvalue weighted by Crippen LogP contribution is -2.39. The Bertz CT molecular complexity index is 437. The molecular formula is C14H19N3O. The van der Waals surface area contributed by atoms with Crippen LogP contribution >= 0.6 is 0 Å². The Balaban J connectivity index is 2.01. The predicted molar refractivity (Wildman–Crippen MR) is 71.8 cm³/mol. The number of nitrogens with zero attached hydrogens (tertiary/aromatic N) is 2. The molecule has 4 heteroatoms. The highest BCUT2D eigenvalue weighted by Crippen LogP contribution is 2.27. The molecule has 0 radical (unpaired) electrons. The van der Waals surface area contributed by atoms with Gasteiger partial charge in [0.15, 0.2) is 0 Å². The third-order valence-electron chi connectivity index (χ3n) is 3.12. The lowest BCUT2D eigenvalue weighted by atomic mass is 10.2. The van der Waals surface area contributed by atoms with Gasteiger partial charge in [0.1, 0.15) is 11.8 Å². The first-order chi connectivity index (χ1) is 8.74. The lowest BCUT2D eigenvalue weighted by Gasteiger charge is -2.24. The molecule has 1 saturated carbocycles. The van der Waals surface area contributed by atoms with Crippen LogP contribution in [0.3, 0.4) is 0 Å². The van der Waals surface area contributed by atoms with E-state index in [1.54, 1.807) is 7.11 Å². The van der Waals surface area contributed by atoms with E-state index in [4.69, 9.17) is 10.00 Å². The fourth-order valence-electron chi connectivity index (χ4n) is 1.98. The van der Waals surface area contributed by atoms with Crippen molar-refractivity contribution >= 4 is 5.69 Å². The van der Waals surface area contributed by atoms with Gasteiger partial charge in [0.2, 0.25) is 0 Å². The normalized spacial score (nSPS) is 15.8. The summed E-state index contributed by atoms with van der Waals surface area (Å²) in [6, 6.07) is 10.6. The van der Waals surface area contributed by atoms with Crippen molar-refractivity contribution in [1.82, 2.24) is 5.32 Å². The Labute approximate surface area is 108 Å². The molecule has 0 spiro atoms. The Hall–Kier alpha value is -1.73. The molecule has 0 aromatic heterocycles. The predicted octanol–water partition coefficient (Wildman–Crippen LogP) is 1.78. The highest BCUT2D eigenvalue weighted by molar-refractivity contribution is 5.58. The van der Waals surface area contributed by atoms with Gasteiger partial charge in [-0.25, -0.2) is 0 Å². The Kier molecular flexibility index (Phi) is 4.06. The van der Waals surface area contributed by atoms with E-state index in [0.717, 1.165) is 11.4 Å². The second-order valence-corrected chi connectivity index (χ2v) is 4.67. The van der Waals surface area contributed by atoms with Crippen LogP contribution in [0.15, 0.2) is 24.3 Å². The Morgan fingerprint density at radius 3 is 2.83 bits per heavy atom. The molecule has 1 aromatic carbocycles. The van der Waals surface area contributed by atoms with Gasteiger partial charge in [-0.1, -0.05) is 12.1 Å². The molecule has 1 aliphatic rings. The van der Waals surface area contributed by atoms with Crippen molar-refractivity contribution in [3.8, 4) is 11.8 Å². The fraction of sp³-hybridized carbons (Fsp3) is 0.500. The van der Waals surface area contributed by atoms with Crippen LogP contribution in [0.4, 0.5) is 5.69 Å². The van der Waals surface area contributed by atoms with Gasteiger partial charge in [0.05, 0.1) is 18.9 Å². The molecule has 0 heterocycles. The summed E-state index contributed by atoms with van der Waals surface area (Å²) in [5.41, 5.74) is 1.01. The van der Waals surface area contributed by atoms with E-state index in [1.807, 2.05) is 31.3 Å². The number of para-hydroxylation sites is 2. The van der Waals surface area contributed by atoms with E-state index in [2.05, 4.69) is 16.3 Å². The number of nitriles is 1. The molecule has 1 N–H and O–H groups in total. The van der Waals surface area contributed by atoms with Crippen LogP contribution in [-0.2, 0) is 0 Å². The second-order valence-electron chi connectivity index (χ2n) is 4.67. The molecule has 4 nitrogen and oxygen atoms in total. The van der Waals surface area contributed by atoms with Gasteiger partial charge in [-0.3, -0.25) is 5.32 Å². The van der Waals surface area contributed by atoms with E-state index in [9.17, 15) is 0 Å². The maximum Gasteiger partial charge on any atom is 0.142 e. The molecule has 0 saturated heterocycles. The molecule has 1 aliphatic carbocycles. The standard InChI is InChI=1S/C14H19N3O/c1-17(10-12(9-15)16-11-7-8-11)13-5-3-4-6-14(13)18-2/h3-6,11-12,16H,7-8,10H2,1-2H3. The monoisotopic (exact) mass is 245 g/mol. The van der Waals surface area contributed by atoms with Crippen molar-refractivity contribution < 1.29 is 4.74 Å². The molecule has 2 rings (SSSR count). The first kappa shape index (κ1) is 12.7. The van der Waals surface area contributed by atoms with Gasteiger partial charge in [0, 0.05) is 19.6 Å². The summed E-state index contributed by atoms with van der Waals surface area (Å²) in [5, 5.41) is 12.5. The zero-order valence-electron chi connectivity index (χ0n) is 10.9. The van der Waals surface area contributed by atoms with Crippen molar-refractivity contribution in [2.24, 2.45) is 0 Å². The number of hydrogen-bond acceptors (Lipinski definition) is 4. The summed E-state index contributed by atoms with van der Waals surface area (Å²) in [6.07, 6.45) is 2.38. The van der Waals surface area contributed by atoms with Crippen LogP contribution in [0, 0.1) is 11.3 Å². The summed E-state index contributed by atoms with van der Waals surface area (Å²) < 4.78 is 5.33. The van der Waals surface area contributed by atoms with E-state index >= 15 is 0 Å². The van der Waals surface area contributed by atoms with Crippen LogP contribution in [0.1, 0.15) is 12.8 Å². The quantitative estimate of drug-likeness (QED) is 0.830. The molecule has 0 bridgehead atoms. The number of anilines is 1. The van der Waals surface area contributed by atoms with E-state index in [-0.39, 0.29) is 6.04 Å². The lowest BCUT2D eigenvalue weighted by molar-refractivity contribution is 0.414. The zero-order chi connectivity index (χ0) is 13.0. The highest BCUT2D eigenvalue weighted by atomic mass is 16.5. The van der Waals surface area contributed by atoms with E-state index < -0.39 is 0 Å². The van der Waals surface area contributed by atoms with Crippen molar-refractivity contribution in [2.75, 3.05) is 25.6 Å². The van der Waals surface area contributed by atoms with Crippen LogP contribution in [0.25, 0.3) is 0 Å². The zero-order valence-corrected chi connectivity index (χ0v) is 10.9. The number of hydrogen-bond donors (Lipinski definition) is 1. The number of rotatable bonds is 6. The van der Waals surface area contributed by atoms with Crippen LogP contribution in [0.2, 0.25) is 0 Å². The number of ether oxygens (including phenoxy) is 1. The van der Waals surface area contributed by atoms with Gasteiger partial charge in [-0.05, 0) is 25.0 Å². The van der Waals surface area contributed by atoms with Gasteiger partial charge in [-0.15, -0.1) is 0 Å². The van der Waals surface area contributed by atoms with Crippen molar-refractivity contribution in [2.45, 2.75) is 24.9 Å². The van der Waals surface area contributed by atoms with Gasteiger partial charge >= 0.3 is 0 Å². The fourth-order valence-corrected chi connectivity index (χ4v) is 1.98. The summed E-state index contributed by atoms with van der Waals surface area (Å²) in [6.45, 7) is 0.660. The summed E-state index contributed by atoms with van der Waals surface area (Å²) in [7, 11) is 3.65. The topological polar surface area (TPSA) is 48.3 Å². The first-order valence-corrected chi connectivity index (χ1v) is 6.24. The van der Waals surface area contributed by atoms with Crippen molar-refractivity contribution in [1.29, 1.82) is 5.26 Å². The number of likely N-dealkylation sites (N-methyl/N-ethyl adjacent to an activating group) is 1. The van der Waals surface area contributed by atoms with E-state index in [1.165, 1.54) is 12.8 Å². The second kappa shape index (κ2) is 5.74. The molecule has 1 aromatic rings. The van der Waals surface area contributed by atoms with Gasteiger partial charge in [0.25, 0.3) is 0 Å². The summed E-state index contributed by atoms with van der Waals surface area (Å²) in [5.74, 6) is 0.836. The smallest absolute Gasteiger partial charge is 0.142 e. The summed E-state index contributed by atoms with van der Waals surface area (Å²) >= 11 is 0. The van der Waals surface area contributed by atoms with Crippen LogP contribution < -0.4 is 15.0 Å². The molecule has 1 unspecified atom stereocenters. The molecule has 1 fully saturated rings. The average molecular weight is 245 g/mol. The Morgan fingerprint density at radius 2 is 2.22 bits per heavy atom. The minimum absolute atomic E-state index is 0.132. The van der Waals surface area contributed by atoms with Gasteiger partial charge in [-0.2, -0.15) is 5.26 Å². The van der Waals surface area contributed by atoms with Crippen molar-refractivity contribution in [3.63, 3.8) is 0 Å². The largest absolute Gasteiger partial charge is 0.495 e. The minimum Gasteiger partial charge on any atom is -0.495 e. The molecule has 0 aliphatic heterocycles. The maximum atomic E-state index is 9.15.